The molecule has 0 bridgehead atoms. The number of aromatic nitrogens is 3. The lowest BCUT2D eigenvalue weighted by molar-refractivity contribution is 0.0745. The first-order chi connectivity index (χ1) is 15.5. The Morgan fingerprint density at radius 2 is 1.72 bits per heavy atom. The van der Waals surface area contributed by atoms with Gasteiger partial charge in [-0.1, -0.05) is 48.0 Å². The number of hydrogen-bond donors (Lipinski definition) is 0. The normalized spacial score (nSPS) is 14.2. The number of nitrogens with zero attached hydrogens (tertiary/aromatic N) is 5. The van der Waals surface area contributed by atoms with E-state index in [9.17, 15) is 4.79 Å². The van der Waals surface area contributed by atoms with Crippen LogP contribution in [0, 0.1) is 13.8 Å². The van der Waals surface area contributed by atoms with Crippen molar-refractivity contribution in [3.63, 3.8) is 0 Å². The Hall–Kier alpha value is -3.38. The molecule has 7 heteroatoms. The van der Waals surface area contributed by atoms with Crippen molar-refractivity contribution in [1.29, 1.82) is 0 Å². The van der Waals surface area contributed by atoms with Crippen LogP contribution >= 0.6 is 11.6 Å². The second-order valence-corrected chi connectivity index (χ2v) is 8.51. The zero-order chi connectivity index (χ0) is 22.2. The van der Waals surface area contributed by atoms with Crippen molar-refractivity contribution in [3.05, 3.63) is 82.8 Å². The molecule has 0 atom stereocenters. The highest BCUT2D eigenvalue weighted by atomic mass is 35.5. The van der Waals surface area contributed by atoms with Crippen LogP contribution < -0.4 is 4.90 Å². The molecule has 32 heavy (non-hydrogen) atoms. The van der Waals surface area contributed by atoms with Crippen LogP contribution in [0.3, 0.4) is 0 Å². The number of halogens is 1. The number of fused-ring (bicyclic) bond motifs is 1. The van der Waals surface area contributed by atoms with Crippen molar-refractivity contribution in [2.24, 2.45) is 0 Å². The minimum absolute atomic E-state index is 0.00272. The zero-order valence-corrected chi connectivity index (χ0v) is 18.9. The van der Waals surface area contributed by atoms with Crippen LogP contribution in [0.1, 0.15) is 21.7 Å². The molecule has 0 unspecified atom stereocenters. The summed E-state index contributed by atoms with van der Waals surface area (Å²) < 4.78 is 1.80. The molecule has 0 aliphatic carbocycles. The molecule has 3 heterocycles. The van der Waals surface area contributed by atoms with Gasteiger partial charge in [0.2, 0.25) is 0 Å². The number of aryl methyl sites for hydroxylation is 2. The van der Waals surface area contributed by atoms with Gasteiger partial charge in [0.05, 0.1) is 17.0 Å². The van der Waals surface area contributed by atoms with E-state index in [0.29, 0.717) is 18.7 Å². The quantitative estimate of drug-likeness (QED) is 0.461. The molecule has 0 radical (unpaired) electrons. The summed E-state index contributed by atoms with van der Waals surface area (Å²) in [6.07, 6.45) is 1.70. The van der Waals surface area contributed by atoms with E-state index < -0.39 is 0 Å². The van der Waals surface area contributed by atoms with Gasteiger partial charge in [0.15, 0.2) is 5.65 Å². The third-order valence-electron chi connectivity index (χ3n) is 6.09. The van der Waals surface area contributed by atoms with Gasteiger partial charge >= 0.3 is 0 Å². The van der Waals surface area contributed by atoms with Gasteiger partial charge in [0, 0.05) is 48.6 Å². The van der Waals surface area contributed by atoms with Crippen molar-refractivity contribution in [2.75, 3.05) is 31.1 Å². The highest BCUT2D eigenvalue weighted by molar-refractivity contribution is 6.30. The summed E-state index contributed by atoms with van der Waals surface area (Å²) in [7, 11) is 0. The number of carbonyl (C=O) groups is 1. The second-order valence-electron chi connectivity index (χ2n) is 8.08. The summed E-state index contributed by atoms with van der Waals surface area (Å²) in [6.45, 7) is 6.74. The van der Waals surface area contributed by atoms with E-state index in [1.165, 1.54) is 0 Å². The third-order valence-corrected chi connectivity index (χ3v) is 6.33. The largest absolute Gasteiger partial charge is 0.368 e. The van der Waals surface area contributed by atoms with Gasteiger partial charge in [-0.05, 0) is 37.6 Å². The average molecular weight is 446 g/mol. The molecule has 1 aliphatic heterocycles. The molecule has 6 nitrogen and oxygen atoms in total. The minimum Gasteiger partial charge on any atom is -0.368 e. The Kier molecular flexibility index (Phi) is 5.31. The van der Waals surface area contributed by atoms with Crippen LogP contribution in [0.2, 0.25) is 5.02 Å². The number of benzene rings is 2. The van der Waals surface area contributed by atoms with Crippen molar-refractivity contribution in [2.45, 2.75) is 13.8 Å². The van der Waals surface area contributed by atoms with E-state index in [0.717, 1.165) is 52.0 Å². The standard InChI is InChI=1S/C25H24ClN5O/c1-17-23(19-7-4-3-5-8-19)24-27-16-22(18(2)31(24)28-17)25(32)30-13-11-29(12-14-30)21-10-6-9-20(26)15-21/h3-10,15-16H,11-14H2,1-2H3. The van der Waals surface area contributed by atoms with Gasteiger partial charge in [-0.2, -0.15) is 5.10 Å². The molecule has 0 saturated carbocycles. The monoisotopic (exact) mass is 445 g/mol. The van der Waals surface area contributed by atoms with Gasteiger partial charge in [-0.3, -0.25) is 4.79 Å². The van der Waals surface area contributed by atoms with E-state index in [1.54, 1.807) is 10.7 Å². The van der Waals surface area contributed by atoms with Crippen molar-refractivity contribution in [1.82, 2.24) is 19.5 Å². The summed E-state index contributed by atoms with van der Waals surface area (Å²) in [6, 6.07) is 18.0. The fourth-order valence-corrected chi connectivity index (χ4v) is 4.55. The summed E-state index contributed by atoms with van der Waals surface area (Å²) in [4.78, 5) is 22.1. The molecule has 2 aromatic heterocycles. The lowest BCUT2D eigenvalue weighted by Gasteiger charge is -2.36. The first-order valence-electron chi connectivity index (χ1n) is 10.7. The molecule has 1 amide bonds. The van der Waals surface area contributed by atoms with Gasteiger partial charge in [-0.25, -0.2) is 9.50 Å². The predicted molar refractivity (Wildman–Crippen MR) is 127 cm³/mol. The maximum atomic E-state index is 13.3. The first kappa shape index (κ1) is 20.5. The molecule has 2 aromatic carbocycles. The molecule has 4 aromatic rings. The Morgan fingerprint density at radius 3 is 2.44 bits per heavy atom. The lowest BCUT2D eigenvalue weighted by Crippen LogP contribution is -2.49. The fraction of sp³-hybridized carbons (Fsp3) is 0.240. The molecular formula is C25H24ClN5O. The molecule has 0 spiro atoms. The van der Waals surface area contributed by atoms with Crippen molar-refractivity contribution >= 4 is 28.8 Å². The van der Waals surface area contributed by atoms with E-state index >= 15 is 0 Å². The Morgan fingerprint density at radius 1 is 0.969 bits per heavy atom. The highest BCUT2D eigenvalue weighted by Gasteiger charge is 2.25. The maximum absolute atomic E-state index is 13.3. The Balaban J connectivity index is 1.39. The van der Waals surface area contributed by atoms with Crippen LogP contribution in [0.15, 0.2) is 60.8 Å². The molecule has 5 rings (SSSR count). The molecule has 1 aliphatic rings. The average Bonchev–Trinajstić information content (AvgIpc) is 3.16. The number of carbonyl (C=O) groups excluding carboxylic acids is 1. The van der Waals surface area contributed by atoms with Gasteiger partial charge in [0.1, 0.15) is 0 Å². The summed E-state index contributed by atoms with van der Waals surface area (Å²) in [5.74, 6) is -0.00272. The number of amides is 1. The molecule has 0 N–H and O–H groups in total. The van der Waals surface area contributed by atoms with Crippen molar-refractivity contribution in [3.8, 4) is 11.1 Å². The topological polar surface area (TPSA) is 53.7 Å². The number of anilines is 1. The van der Waals surface area contributed by atoms with Crippen molar-refractivity contribution < 1.29 is 4.79 Å². The summed E-state index contributed by atoms with van der Waals surface area (Å²) >= 11 is 6.13. The number of rotatable bonds is 3. The molecule has 1 fully saturated rings. The molecule has 162 valence electrons. The van der Waals surface area contributed by atoms with E-state index in [2.05, 4.69) is 28.1 Å². The number of hydrogen-bond acceptors (Lipinski definition) is 4. The second kappa shape index (κ2) is 8.28. The van der Waals surface area contributed by atoms with E-state index in [-0.39, 0.29) is 5.91 Å². The fourth-order valence-electron chi connectivity index (χ4n) is 4.37. The molecular weight excluding hydrogens is 422 g/mol. The number of piperazine rings is 1. The van der Waals surface area contributed by atoms with Crippen LogP contribution in [0.25, 0.3) is 16.8 Å². The lowest BCUT2D eigenvalue weighted by atomic mass is 10.1. The molecule has 1 saturated heterocycles. The zero-order valence-electron chi connectivity index (χ0n) is 18.1. The minimum atomic E-state index is -0.00272. The summed E-state index contributed by atoms with van der Waals surface area (Å²) in [5.41, 5.74) is 6.23. The van der Waals surface area contributed by atoms with E-state index in [1.807, 2.05) is 55.1 Å². The van der Waals surface area contributed by atoms with Gasteiger partial charge < -0.3 is 9.80 Å². The van der Waals surface area contributed by atoms with Crippen LogP contribution in [0.4, 0.5) is 5.69 Å². The maximum Gasteiger partial charge on any atom is 0.257 e. The van der Waals surface area contributed by atoms with Gasteiger partial charge in [-0.15, -0.1) is 0 Å². The summed E-state index contributed by atoms with van der Waals surface area (Å²) in [5, 5.41) is 5.42. The smallest absolute Gasteiger partial charge is 0.257 e. The van der Waals surface area contributed by atoms with Crippen LogP contribution in [-0.2, 0) is 0 Å². The van der Waals surface area contributed by atoms with Crippen LogP contribution in [0.5, 0.6) is 0 Å². The Labute approximate surface area is 192 Å². The van der Waals surface area contributed by atoms with E-state index in [4.69, 9.17) is 16.7 Å². The predicted octanol–water partition coefficient (Wildman–Crippen LogP) is 4.63. The Bertz CT molecular complexity index is 1290. The SMILES string of the molecule is Cc1nn2c(C)c(C(=O)N3CCN(c4cccc(Cl)c4)CC3)cnc2c1-c1ccccc1. The highest BCUT2D eigenvalue weighted by Crippen LogP contribution is 2.28. The first-order valence-corrected chi connectivity index (χ1v) is 11.1. The third kappa shape index (κ3) is 3.60. The van der Waals surface area contributed by atoms with Gasteiger partial charge in [0.25, 0.3) is 5.91 Å². The van der Waals surface area contributed by atoms with Crippen LogP contribution in [-0.4, -0.2) is 51.6 Å².